The fourth-order valence-corrected chi connectivity index (χ4v) is 4.87. The summed E-state index contributed by atoms with van der Waals surface area (Å²) < 4.78 is 13.3. The van der Waals surface area contributed by atoms with Crippen molar-refractivity contribution in [2.75, 3.05) is 24.7 Å². The van der Waals surface area contributed by atoms with E-state index in [2.05, 4.69) is 22.1 Å². The number of imidazole rings is 1. The molecule has 3 aromatic rings. The van der Waals surface area contributed by atoms with Crippen molar-refractivity contribution in [3.8, 4) is 0 Å². The standard InChI is InChI=1S/C24H24FN7O/c1-15-10-30(12-21-26-19-4-2-3-5-20(19)27-21)11-18(15)23-28-22-13-31(14-32(22)24(33)29-23)17-8-6-16(25)7-9-17/h2-9,13,15,18H,10-12,14H2,1H3,(H,26,27)(H,28,29,33). The highest BCUT2D eigenvalue weighted by Crippen LogP contribution is 2.30. The number of halogens is 1. The number of nitrogens with one attached hydrogen (secondary N) is 2. The van der Waals surface area contributed by atoms with Crippen molar-refractivity contribution in [1.29, 1.82) is 0 Å². The van der Waals surface area contributed by atoms with E-state index in [0.29, 0.717) is 24.2 Å². The molecular formula is C24H24FN7O. The van der Waals surface area contributed by atoms with E-state index in [-0.39, 0.29) is 17.8 Å². The molecule has 1 fully saturated rings. The number of carbonyl (C=O) groups excluding carboxylic acids is 1. The maximum atomic E-state index is 13.3. The van der Waals surface area contributed by atoms with Gasteiger partial charge >= 0.3 is 6.03 Å². The predicted molar refractivity (Wildman–Crippen MR) is 124 cm³/mol. The van der Waals surface area contributed by atoms with Crippen LogP contribution in [0.1, 0.15) is 12.7 Å². The van der Waals surface area contributed by atoms with Crippen molar-refractivity contribution in [3.63, 3.8) is 0 Å². The Bertz CT molecular complexity index is 1250. The first-order valence-electron chi connectivity index (χ1n) is 11.1. The van der Waals surface area contributed by atoms with Gasteiger partial charge in [0.05, 0.1) is 17.6 Å². The highest BCUT2D eigenvalue weighted by atomic mass is 19.1. The SMILES string of the molecule is CC1CN(Cc2nc3ccccc3[nH]2)CC1C1=NC2=CN(c3ccc(F)cc3)CN2C(=O)N1. The Morgan fingerprint density at radius 3 is 2.76 bits per heavy atom. The summed E-state index contributed by atoms with van der Waals surface area (Å²) in [6.45, 7) is 4.97. The highest BCUT2D eigenvalue weighted by Gasteiger charge is 2.39. The number of urea groups is 1. The van der Waals surface area contributed by atoms with Gasteiger partial charge in [0, 0.05) is 30.9 Å². The topological polar surface area (TPSA) is 79.9 Å². The van der Waals surface area contributed by atoms with Crippen LogP contribution >= 0.6 is 0 Å². The van der Waals surface area contributed by atoms with Crippen LogP contribution in [0.5, 0.6) is 0 Å². The zero-order valence-electron chi connectivity index (χ0n) is 18.2. The summed E-state index contributed by atoms with van der Waals surface area (Å²) in [6.07, 6.45) is 1.85. The third-order valence-corrected chi connectivity index (χ3v) is 6.57. The number of nitrogens with zero attached hydrogens (tertiary/aromatic N) is 5. The average Bonchev–Trinajstić information content (AvgIpc) is 3.50. The van der Waals surface area contributed by atoms with Crippen LogP contribution in [0, 0.1) is 17.7 Å². The first-order valence-corrected chi connectivity index (χ1v) is 11.1. The van der Waals surface area contributed by atoms with Gasteiger partial charge in [-0.25, -0.2) is 19.2 Å². The van der Waals surface area contributed by atoms with E-state index < -0.39 is 0 Å². The Hall–Kier alpha value is -3.72. The molecule has 0 aliphatic carbocycles. The zero-order chi connectivity index (χ0) is 22.5. The third-order valence-electron chi connectivity index (χ3n) is 6.57. The molecule has 2 unspecified atom stereocenters. The molecule has 2 atom stereocenters. The molecule has 2 aromatic carbocycles. The Morgan fingerprint density at radius 2 is 1.94 bits per heavy atom. The highest BCUT2D eigenvalue weighted by molar-refractivity contribution is 6.02. The number of aliphatic imine (C=N–C) groups is 1. The third kappa shape index (κ3) is 3.64. The summed E-state index contributed by atoms with van der Waals surface area (Å²) in [5.41, 5.74) is 2.83. The molecule has 2 amide bonds. The molecule has 0 saturated carbocycles. The van der Waals surface area contributed by atoms with Gasteiger partial charge in [-0.3, -0.25) is 15.1 Å². The molecule has 3 aliphatic rings. The minimum Gasteiger partial charge on any atom is -0.341 e. The number of amidine groups is 1. The molecule has 33 heavy (non-hydrogen) atoms. The van der Waals surface area contributed by atoms with Crippen molar-refractivity contribution in [2.24, 2.45) is 16.8 Å². The van der Waals surface area contributed by atoms with Crippen LogP contribution in [0.3, 0.4) is 0 Å². The Balaban J connectivity index is 1.19. The van der Waals surface area contributed by atoms with Crippen LogP contribution in [0.15, 0.2) is 65.5 Å². The quantitative estimate of drug-likeness (QED) is 0.645. The van der Waals surface area contributed by atoms with Gasteiger partial charge < -0.3 is 9.88 Å². The number of carbonyl (C=O) groups is 1. The minimum atomic E-state index is -0.288. The lowest BCUT2D eigenvalue weighted by atomic mass is 9.96. The van der Waals surface area contributed by atoms with Crippen molar-refractivity contribution < 1.29 is 9.18 Å². The number of fused-ring (bicyclic) bond motifs is 2. The van der Waals surface area contributed by atoms with Gasteiger partial charge in [-0.15, -0.1) is 0 Å². The molecule has 4 heterocycles. The van der Waals surface area contributed by atoms with Crippen molar-refractivity contribution in [2.45, 2.75) is 13.5 Å². The van der Waals surface area contributed by atoms with Gasteiger partial charge in [0.25, 0.3) is 0 Å². The molecular weight excluding hydrogens is 421 g/mol. The molecule has 9 heteroatoms. The average molecular weight is 446 g/mol. The van der Waals surface area contributed by atoms with E-state index in [1.54, 1.807) is 17.0 Å². The van der Waals surface area contributed by atoms with Crippen LogP contribution in [0.25, 0.3) is 11.0 Å². The number of rotatable bonds is 4. The molecule has 0 spiro atoms. The van der Waals surface area contributed by atoms with E-state index in [9.17, 15) is 9.18 Å². The van der Waals surface area contributed by atoms with Crippen molar-refractivity contribution in [1.82, 2.24) is 25.1 Å². The smallest absolute Gasteiger partial charge is 0.329 e. The second-order valence-corrected chi connectivity index (χ2v) is 8.91. The zero-order valence-corrected chi connectivity index (χ0v) is 18.2. The number of para-hydroxylation sites is 2. The Kier molecular flexibility index (Phi) is 4.65. The number of aromatic nitrogens is 2. The predicted octanol–water partition coefficient (Wildman–Crippen LogP) is 3.47. The number of benzene rings is 2. The van der Waals surface area contributed by atoms with Gasteiger partial charge in [-0.2, -0.15) is 0 Å². The van der Waals surface area contributed by atoms with Crippen LogP contribution < -0.4 is 10.2 Å². The molecule has 0 radical (unpaired) electrons. The van der Waals surface area contributed by atoms with Crippen LogP contribution in [0.4, 0.5) is 14.9 Å². The number of hydrogen-bond donors (Lipinski definition) is 2. The number of aromatic amines is 1. The van der Waals surface area contributed by atoms with E-state index in [0.717, 1.165) is 42.2 Å². The Morgan fingerprint density at radius 1 is 1.12 bits per heavy atom. The summed E-state index contributed by atoms with van der Waals surface area (Å²) in [4.78, 5) is 31.6. The summed E-state index contributed by atoms with van der Waals surface area (Å²) in [6, 6.07) is 14.1. The monoisotopic (exact) mass is 445 g/mol. The largest absolute Gasteiger partial charge is 0.341 e. The first-order chi connectivity index (χ1) is 16.0. The first kappa shape index (κ1) is 19.9. The molecule has 1 aromatic heterocycles. The van der Waals surface area contributed by atoms with E-state index in [1.807, 2.05) is 35.4 Å². The normalized spacial score (nSPS) is 23.0. The lowest BCUT2D eigenvalue weighted by Crippen LogP contribution is -2.49. The number of anilines is 1. The van der Waals surface area contributed by atoms with E-state index >= 15 is 0 Å². The summed E-state index contributed by atoms with van der Waals surface area (Å²) in [5.74, 6) is 2.45. The second kappa shape index (κ2) is 7.70. The maximum Gasteiger partial charge on any atom is 0.329 e. The van der Waals surface area contributed by atoms with Crippen LogP contribution in [-0.4, -0.2) is 51.4 Å². The number of hydrogen-bond acceptors (Lipinski definition) is 5. The molecule has 6 rings (SSSR count). The summed E-state index contributed by atoms with van der Waals surface area (Å²) in [5, 5.41) is 3.01. The molecule has 0 bridgehead atoms. The van der Waals surface area contributed by atoms with E-state index in [1.165, 1.54) is 12.1 Å². The Labute approximate surface area is 190 Å². The molecule has 168 valence electrons. The van der Waals surface area contributed by atoms with Gasteiger partial charge in [-0.05, 0) is 42.3 Å². The molecule has 3 aliphatic heterocycles. The van der Waals surface area contributed by atoms with Gasteiger partial charge in [0.15, 0.2) is 5.82 Å². The lowest BCUT2D eigenvalue weighted by molar-refractivity contribution is 0.216. The summed E-state index contributed by atoms with van der Waals surface area (Å²) in [7, 11) is 0. The van der Waals surface area contributed by atoms with Crippen LogP contribution in [0.2, 0.25) is 0 Å². The minimum absolute atomic E-state index is 0.126. The van der Waals surface area contributed by atoms with Crippen molar-refractivity contribution >= 4 is 28.6 Å². The maximum absolute atomic E-state index is 13.3. The fourth-order valence-electron chi connectivity index (χ4n) is 4.87. The second-order valence-electron chi connectivity index (χ2n) is 8.91. The summed E-state index contributed by atoms with van der Waals surface area (Å²) >= 11 is 0. The number of amides is 2. The fraction of sp³-hybridized carbons (Fsp3) is 0.292. The van der Waals surface area contributed by atoms with Gasteiger partial charge in [0.1, 0.15) is 24.1 Å². The molecule has 2 N–H and O–H groups in total. The molecule has 8 nitrogen and oxygen atoms in total. The van der Waals surface area contributed by atoms with Crippen LogP contribution in [-0.2, 0) is 6.54 Å². The van der Waals surface area contributed by atoms with Gasteiger partial charge in [0.2, 0.25) is 0 Å². The lowest BCUT2D eigenvalue weighted by Gasteiger charge is -2.28. The van der Waals surface area contributed by atoms with Crippen molar-refractivity contribution in [3.05, 3.63) is 72.2 Å². The number of likely N-dealkylation sites (tertiary alicyclic amines) is 1. The van der Waals surface area contributed by atoms with Gasteiger partial charge in [-0.1, -0.05) is 19.1 Å². The number of H-pyrrole nitrogens is 1. The van der Waals surface area contributed by atoms with E-state index in [4.69, 9.17) is 9.98 Å². The molecule has 1 saturated heterocycles.